The standard InChI is InChI=1S/C23H23ClN6O/c1-16-14-17(2)30(27-16)21-9-8-19(24)22(26-21)23(31)29-12-10-28(11-13-29)20(15-25)18-6-4-3-5-7-18/h3-9,14,20H,10-13H2,1-2H3. The second-order valence-electron chi connectivity index (χ2n) is 7.61. The Morgan fingerprint density at radius 2 is 1.81 bits per heavy atom. The van der Waals surface area contributed by atoms with Gasteiger partial charge in [-0.15, -0.1) is 0 Å². The Morgan fingerprint density at radius 1 is 1.10 bits per heavy atom. The third-order valence-corrected chi connectivity index (χ3v) is 5.77. The summed E-state index contributed by atoms with van der Waals surface area (Å²) < 4.78 is 1.71. The lowest BCUT2D eigenvalue weighted by Crippen LogP contribution is -2.49. The third-order valence-electron chi connectivity index (χ3n) is 5.46. The van der Waals surface area contributed by atoms with Crippen molar-refractivity contribution in [3.05, 3.63) is 76.2 Å². The average molecular weight is 435 g/mol. The number of nitrogens with zero attached hydrogens (tertiary/aromatic N) is 6. The molecule has 31 heavy (non-hydrogen) atoms. The van der Waals surface area contributed by atoms with Crippen LogP contribution in [0.1, 0.15) is 33.5 Å². The molecule has 0 N–H and O–H groups in total. The normalized spacial score (nSPS) is 15.5. The molecule has 3 heterocycles. The quantitative estimate of drug-likeness (QED) is 0.627. The maximum absolute atomic E-state index is 13.2. The van der Waals surface area contributed by atoms with Crippen LogP contribution in [-0.2, 0) is 0 Å². The Labute approximate surface area is 186 Å². The van der Waals surface area contributed by atoms with E-state index in [4.69, 9.17) is 11.6 Å². The molecule has 1 aliphatic heterocycles. The SMILES string of the molecule is Cc1cc(C)n(-c2ccc(Cl)c(C(=O)N3CCN(C(C#N)c4ccccc4)CC3)n2)n1. The van der Waals surface area contributed by atoms with Crippen molar-refractivity contribution in [2.75, 3.05) is 26.2 Å². The number of carbonyl (C=O) groups is 1. The Kier molecular flexibility index (Phi) is 6.03. The molecular formula is C23H23ClN6O. The number of pyridine rings is 1. The van der Waals surface area contributed by atoms with Gasteiger partial charge in [0.1, 0.15) is 11.7 Å². The fraction of sp³-hybridized carbons (Fsp3) is 0.304. The Hall–Kier alpha value is -3.21. The van der Waals surface area contributed by atoms with Crippen LogP contribution in [0.15, 0.2) is 48.5 Å². The molecule has 0 saturated carbocycles. The predicted molar refractivity (Wildman–Crippen MR) is 118 cm³/mol. The average Bonchev–Trinajstić information content (AvgIpc) is 3.13. The van der Waals surface area contributed by atoms with Gasteiger partial charge in [0.05, 0.1) is 16.8 Å². The molecule has 7 nitrogen and oxygen atoms in total. The molecule has 0 bridgehead atoms. The largest absolute Gasteiger partial charge is 0.335 e. The molecule has 1 aromatic carbocycles. The molecule has 1 fully saturated rings. The summed E-state index contributed by atoms with van der Waals surface area (Å²) in [7, 11) is 0. The highest BCUT2D eigenvalue weighted by Crippen LogP contribution is 2.23. The molecule has 158 valence electrons. The van der Waals surface area contributed by atoms with Gasteiger partial charge in [-0.3, -0.25) is 9.69 Å². The highest BCUT2D eigenvalue weighted by Gasteiger charge is 2.29. The summed E-state index contributed by atoms with van der Waals surface area (Å²) >= 11 is 6.33. The number of hydrogen-bond donors (Lipinski definition) is 0. The Morgan fingerprint density at radius 3 is 2.42 bits per heavy atom. The minimum absolute atomic E-state index is 0.207. The van der Waals surface area contributed by atoms with E-state index in [9.17, 15) is 10.1 Å². The van der Waals surface area contributed by atoms with Crippen LogP contribution in [0.25, 0.3) is 5.82 Å². The van der Waals surface area contributed by atoms with Crippen LogP contribution in [-0.4, -0.2) is 56.7 Å². The summed E-state index contributed by atoms with van der Waals surface area (Å²) in [6, 6.07) is 17.2. The van der Waals surface area contributed by atoms with Crippen molar-refractivity contribution in [1.82, 2.24) is 24.6 Å². The van der Waals surface area contributed by atoms with Gasteiger partial charge in [-0.2, -0.15) is 10.4 Å². The molecule has 0 spiro atoms. The highest BCUT2D eigenvalue weighted by molar-refractivity contribution is 6.33. The van der Waals surface area contributed by atoms with Crippen molar-refractivity contribution in [3.63, 3.8) is 0 Å². The van der Waals surface area contributed by atoms with Gasteiger partial charge >= 0.3 is 0 Å². The summed E-state index contributed by atoms with van der Waals surface area (Å²) in [4.78, 5) is 21.5. The van der Waals surface area contributed by atoms with E-state index in [0.717, 1.165) is 17.0 Å². The van der Waals surface area contributed by atoms with Crippen LogP contribution < -0.4 is 0 Å². The number of amides is 1. The fourth-order valence-corrected chi connectivity index (χ4v) is 4.08. The van der Waals surface area contributed by atoms with Crippen LogP contribution in [0.4, 0.5) is 0 Å². The molecular weight excluding hydrogens is 412 g/mol. The first-order valence-electron chi connectivity index (χ1n) is 10.2. The summed E-state index contributed by atoms with van der Waals surface area (Å²) in [6.45, 7) is 6.07. The summed E-state index contributed by atoms with van der Waals surface area (Å²) in [6.07, 6.45) is 0. The first-order chi connectivity index (χ1) is 15.0. The number of carbonyl (C=O) groups excluding carboxylic acids is 1. The zero-order chi connectivity index (χ0) is 22.0. The molecule has 4 rings (SSSR count). The topological polar surface area (TPSA) is 78.0 Å². The van der Waals surface area contributed by atoms with E-state index in [2.05, 4.69) is 21.1 Å². The van der Waals surface area contributed by atoms with Gasteiger partial charge in [-0.05, 0) is 37.6 Å². The monoisotopic (exact) mass is 434 g/mol. The van der Waals surface area contributed by atoms with Gasteiger partial charge in [0.15, 0.2) is 5.82 Å². The minimum Gasteiger partial charge on any atom is -0.335 e. The minimum atomic E-state index is -0.325. The maximum Gasteiger partial charge on any atom is 0.274 e. The number of piperazine rings is 1. The molecule has 1 aliphatic rings. The lowest BCUT2D eigenvalue weighted by Gasteiger charge is -2.37. The van der Waals surface area contributed by atoms with Gasteiger partial charge in [-0.1, -0.05) is 41.9 Å². The van der Waals surface area contributed by atoms with E-state index >= 15 is 0 Å². The van der Waals surface area contributed by atoms with E-state index in [-0.39, 0.29) is 17.6 Å². The van der Waals surface area contributed by atoms with Gasteiger partial charge in [0.25, 0.3) is 5.91 Å². The van der Waals surface area contributed by atoms with Crippen LogP contribution in [0.5, 0.6) is 0 Å². The summed E-state index contributed by atoms with van der Waals surface area (Å²) in [5.74, 6) is 0.354. The van der Waals surface area contributed by atoms with Crippen LogP contribution in [0.3, 0.4) is 0 Å². The zero-order valence-corrected chi connectivity index (χ0v) is 18.3. The maximum atomic E-state index is 13.2. The van der Waals surface area contributed by atoms with Gasteiger partial charge < -0.3 is 4.90 Å². The van der Waals surface area contributed by atoms with Crippen molar-refractivity contribution in [2.24, 2.45) is 0 Å². The second-order valence-corrected chi connectivity index (χ2v) is 8.02. The van der Waals surface area contributed by atoms with Crippen molar-refractivity contribution in [1.29, 1.82) is 5.26 Å². The van der Waals surface area contributed by atoms with E-state index in [0.29, 0.717) is 37.0 Å². The first-order valence-corrected chi connectivity index (χ1v) is 10.5. The van der Waals surface area contributed by atoms with Crippen LogP contribution >= 0.6 is 11.6 Å². The number of halogens is 1. The number of aromatic nitrogens is 3. The van der Waals surface area contributed by atoms with Gasteiger partial charge in [-0.25, -0.2) is 9.67 Å². The number of aryl methyl sites for hydroxylation is 2. The van der Waals surface area contributed by atoms with E-state index in [1.807, 2.05) is 50.2 Å². The molecule has 2 aromatic heterocycles. The fourth-order valence-electron chi connectivity index (χ4n) is 3.90. The third kappa shape index (κ3) is 4.31. The lowest BCUT2D eigenvalue weighted by molar-refractivity contribution is 0.0601. The molecule has 8 heteroatoms. The molecule has 3 aromatic rings. The smallest absolute Gasteiger partial charge is 0.274 e. The van der Waals surface area contributed by atoms with Crippen molar-refractivity contribution in [3.8, 4) is 11.9 Å². The Bertz CT molecular complexity index is 1130. The highest BCUT2D eigenvalue weighted by atomic mass is 35.5. The second kappa shape index (κ2) is 8.88. The number of benzene rings is 1. The molecule has 1 unspecified atom stereocenters. The Balaban J connectivity index is 1.49. The molecule has 0 aliphatic carbocycles. The predicted octanol–water partition coefficient (Wildman–Crippen LogP) is 3.56. The van der Waals surface area contributed by atoms with Gasteiger partial charge in [0.2, 0.25) is 0 Å². The van der Waals surface area contributed by atoms with Crippen molar-refractivity contribution < 1.29 is 4.79 Å². The molecule has 1 atom stereocenters. The molecule has 1 saturated heterocycles. The number of hydrogen-bond acceptors (Lipinski definition) is 5. The van der Waals surface area contributed by atoms with Crippen molar-refractivity contribution >= 4 is 17.5 Å². The van der Waals surface area contributed by atoms with Gasteiger partial charge in [0, 0.05) is 31.9 Å². The zero-order valence-electron chi connectivity index (χ0n) is 17.5. The van der Waals surface area contributed by atoms with E-state index in [1.54, 1.807) is 21.7 Å². The number of nitriles is 1. The van der Waals surface area contributed by atoms with Crippen LogP contribution in [0, 0.1) is 25.2 Å². The lowest BCUT2D eigenvalue weighted by atomic mass is 10.1. The van der Waals surface area contributed by atoms with Crippen LogP contribution in [0.2, 0.25) is 5.02 Å². The first kappa shape index (κ1) is 21.0. The summed E-state index contributed by atoms with van der Waals surface area (Å²) in [5.41, 5.74) is 3.00. The summed E-state index contributed by atoms with van der Waals surface area (Å²) in [5, 5.41) is 14.4. The van der Waals surface area contributed by atoms with E-state index < -0.39 is 0 Å². The number of rotatable bonds is 4. The molecule has 1 amide bonds. The molecule has 0 radical (unpaired) electrons. The van der Waals surface area contributed by atoms with E-state index in [1.165, 1.54) is 0 Å². The van der Waals surface area contributed by atoms with Crippen molar-refractivity contribution in [2.45, 2.75) is 19.9 Å².